The Labute approximate surface area is 277 Å². The van der Waals surface area contributed by atoms with Gasteiger partial charge in [-0.05, 0) is 84.2 Å². The maximum atomic E-state index is 9.52. The van der Waals surface area contributed by atoms with Gasteiger partial charge < -0.3 is 4.42 Å². The molecule has 1 heterocycles. The number of furan rings is 1. The summed E-state index contributed by atoms with van der Waals surface area (Å²) < 4.78 is 104. The molecule has 0 spiro atoms. The second kappa shape index (κ2) is 10.4. The molecule has 1 aromatic heterocycles. The minimum atomic E-state index is -0.485. The van der Waals surface area contributed by atoms with E-state index >= 15 is 0 Å². The van der Waals surface area contributed by atoms with Crippen LogP contribution in [0.5, 0.6) is 0 Å². The lowest BCUT2D eigenvalue weighted by molar-refractivity contribution is 0.669. The molecule has 1 heteroatoms. The van der Waals surface area contributed by atoms with Crippen LogP contribution in [0.25, 0.3) is 88.0 Å². The normalized spacial score (nSPS) is 15.0. The van der Waals surface area contributed by atoms with Crippen LogP contribution in [-0.4, -0.2) is 0 Å². The number of benzene rings is 8. The topological polar surface area (TPSA) is 13.1 Å². The van der Waals surface area contributed by atoms with Crippen molar-refractivity contribution in [2.45, 2.75) is 0 Å². The number of hydrogen-bond donors (Lipinski definition) is 0. The number of fused-ring (bicyclic) bond motifs is 5. The zero-order valence-corrected chi connectivity index (χ0v) is 23.7. The molecule has 8 aromatic carbocycles. The van der Waals surface area contributed by atoms with Crippen molar-refractivity contribution in [3.63, 3.8) is 0 Å². The van der Waals surface area contributed by atoms with E-state index in [4.69, 9.17) is 16.8 Å². The Bertz CT molecular complexity index is 3070. The second-order valence-corrected chi connectivity index (χ2v) is 10.8. The quantitative estimate of drug-likeness (QED) is 0.188. The molecule has 210 valence electrons. The maximum absolute atomic E-state index is 9.52. The molecule has 0 aliphatic rings. The molecule has 0 amide bonds. The van der Waals surface area contributed by atoms with E-state index < -0.39 is 24.2 Å². The summed E-state index contributed by atoms with van der Waals surface area (Å²) >= 11 is 0. The lowest BCUT2D eigenvalue weighted by Gasteiger charge is -2.20. The van der Waals surface area contributed by atoms with E-state index in [0.717, 1.165) is 0 Å². The minimum absolute atomic E-state index is 0.0610. The highest BCUT2D eigenvalue weighted by atomic mass is 16.3. The van der Waals surface area contributed by atoms with Crippen molar-refractivity contribution in [2.24, 2.45) is 0 Å². The van der Waals surface area contributed by atoms with E-state index in [9.17, 15) is 2.74 Å². The molecule has 0 atom stereocenters. The third kappa shape index (κ3) is 4.09. The summed E-state index contributed by atoms with van der Waals surface area (Å²) in [7, 11) is 0. The Hall–Kier alpha value is -5.92. The first-order chi connectivity index (χ1) is 26.9. The van der Waals surface area contributed by atoms with Crippen LogP contribution in [-0.2, 0) is 0 Å². The van der Waals surface area contributed by atoms with Gasteiger partial charge in [-0.1, -0.05) is 151 Å². The molecule has 0 aliphatic heterocycles. The van der Waals surface area contributed by atoms with E-state index in [1.807, 2.05) is 66.7 Å². The monoisotopic (exact) mass is 583 g/mol. The average Bonchev–Trinajstić information content (AvgIpc) is 3.62. The van der Waals surface area contributed by atoms with Gasteiger partial charge in [-0.25, -0.2) is 0 Å². The van der Waals surface area contributed by atoms with Gasteiger partial charge in [0.05, 0.1) is 15.1 Å². The van der Waals surface area contributed by atoms with Crippen LogP contribution in [0, 0.1) is 0 Å². The van der Waals surface area contributed by atoms with Gasteiger partial charge in [-0.2, -0.15) is 0 Å². The van der Waals surface area contributed by atoms with Gasteiger partial charge in [0, 0.05) is 10.8 Å². The molecule has 45 heavy (non-hydrogen) atoms. The highest BCUT2D eigenvalue weighted by molar-refractivity contribution is 6.26. The first kappa shape index (κ1) is 16.8. The van der Waals surface area contributed by atoms with Gasteiger partial charge in [0.2, 0.25) is 0 Å². The molecule has 9 rings (SSSR count). The molecule has 0 saturated carbocycles. The van der Waals surface area contributed by atoms with E-state index in [1.165, 1.54) is 0 Å². The van der Waals surface area contributed by atoms with Crippen molar-refractivity contribution >= 4 is 43.5 Å². The smallest absolute Gasteiger partial charge is 0.136 e. The minimum Gasteiger partial charge on any atom is -0.456 e. The van der Waals surface area contributed by atoms with Crippen LogP contribution in [0.15, 0.2) is 174 Å². The van der Waals surface area contributed by atoms with Crippen molar-refractivity contribution < 1.29 is 19.5 Å². The molecule has 0 unspecified atom stereocenters. The molecule has 0 saturated heterocycles. The Morgan fingerprint density at radius 2 is 0.978 bits per heavy atom. The number of hydrogen-bond acceptors (Lipinski definition) is 1. The van der Waals surface area contributed by atoms with E-state index in [-0.39, 0.29) is 80.9 Å². The molecule has 0 radical (unpaired) electrons. The summed E-state index contributed by atoms with van der Waals surface area (Å²) in [6.45, 7) is 0. The molecule has 0 aliphatic carbocycles. The van der Waals surface area contributed by atoms with Crippen molar-refractivity contribution in [2.75, 3.05) is 0 Å². The van der Waals surface area contributed by atoms with Gasteiger partial charge in [0.25, 0.3) is 0 Å². The van der Waals surface area contributed by atoms with Crippen LogP contribution < -0.4 is 0 Å². The van der Waals surface area contributed by atoms with Gasteiger partial charge in [-0.15, -0.1) is 0 Å². The summed E-state index contributed by atoms with van der Waals surface area (Å²) in [6.07, 6.45) is 0. The average molecular weight is 584 g/mol. The summed E-state index contributed by atoms with van der Waals surface area (Å²) in [5.74, 6) is 0. The molecular weight excluding hydrogens is 544 g/mol. The highest BCUT2D eigenvalue weighted by Gasteiger charge is 2.21. The molecule has 9 aromatic rings. The van der Waals surface area contributed by atoms with Crippen molar-refractivity contribution in [3.8, 4) is 44.5 Å². The van der Waals surface area contributed by atoms with E-state index in [2.05, 4.69) is 0 Å². The zero-order chi connectivity index (χ0) is 39.3. The summed E-state index contributed by atoms with van der Waals surface area (Å²) in [5, 5.41) is 3.10. The predicted molar refractivity (Wildman–Crippen MR) is 190 cm³/mol. The van der Waals surface area contributed by atoms with Gasteiger partial charge >= 0.3 is 0 Å². The van der Waals surface area contributed by atoms with Crippen molar-refractivity contribution in [1.29, 1.82) is 0 Å². The van der Waals surface area contributed by atoms with E-state index in [0.29, 0.717) is 49.4 Å². The first-order valence-corrected chi connectivity index (χ1v) is 14.6. The second-order valence-electron chi connectivity index (χ2n) is 10.8. The lowest BCUT2D eigenvalue weighted by atomic mass is 9.83. The number of rotatable bonds is 4. The molecule has 1 nitrogen and oxygen atoms in total. The highest BCUT2D eigenvalue weighted by Crippen LogP contribution is 2.48. The van der Waals surface area contributed by atoms with Gasteiger partial charge in [-0.3, -0.25) is 0 Å². The van der Waals surface area contributed by atoms with Crippen LogP contribution in [0.3, 0.4) is 0 Å². The Morgan fingerprint density at radius 3 is 1.67 bits per heavy atom. The van der Waals surface area contributed by atoms with Gasteiger partial charge in [0.1, 0.15) is 11.2 Å². The van der Waals surface area contributed by atoms with Crippen LogP contribution >= 0.6 is 0 Å². The van der Waals surface area contributed by atoms with Crippen LogP contribution in [0.2, 0.25) is 0 Å². The molecule has 0 fully saturated rings. The Morgan fingerprint density at radius 1 is 0.378 bits per heavy atom. The first-order valence-electron chi connectivity index (χ1n) is 20.1. The fourth-order valence-electron chi connectivity index (χ4n) is 6.38. The van der Waals surface area contributed by atoms with Gasteiger partial charge in [0.15, 0.2) is 0 Å². The molecule has 0 bridgehead atoms. The molecular formula is C44H28O. The SMILES string of the molecule is [2H]c1c([2H])c([2H])c(-c2ccccc2-c2c3ccccc3c(-c3c([2H])c([2H])c([2H])c4oc5c([2H])c([2H])c(-c6ccccc6)c([2H])c5c34)c3ccccc23)c([2H])c1[2H]. The zero-order valence-electron chi connectivity index (χ0n) is 34.7. The summed E-state index contributed by atoms with van der Waals surface area (Å²) in [6, 6.07) is 27.4. The van der Waals surface area contributed by atoms with Crippen LogP contribution in [0.1, 0.15) is 15.1 Å². The van der Waals surface area contributed by atoms with Crippen molar-refractivity contribution in [3.05, 3.63) is 170 Å². The summed E-state index contributed by atoms with van der Waals surface area (Å²) in [4.78, 5) is 0. The van der Waals surface area contributed by atoms with Crippen LogP contribution in [0.4, 0.5) is 0 Å². The largest absolute Gasteiger partial charge is 0.456 e. The lowest BCUT2D eigenvalue weighted by Crippen LogP contribution is -1.93. The van der Waals surface area contributed by atoms with Crippen molar-refractivity contribution in [1.82, 2.24) is 0 Å². The fraction of sp³-hybridized carbons (Fsp3) is 0. The predicted octanol–water partition coefficient (Wildman–Crippen LogP) is 12.6. The molecule has 0 N–H and O–H groups in total. The Balaban J connectivity index is 1.47. The summed E-state index contributed by atoms with van der Waals surface area (Å²) in [5.41, 5.74) is 3.22. The fourth-order valence-corrected chi connectivity index (χ4v) is 6.38. The van der Waals surface area contributed by atoms with E-state index in [1.54, 1.807) is 36.4 Å². The third-order valence-electron chi connectivity index (χ3n) is 8.28. The Kier molecular flexibility index (Phi) is 3.87. The standard InChI is InChI=1S/C44H28O/c1-3-14-29(15-4-1)31-26-27-40-39(28-31)44-38(24-13-25-41(44)45-40)43-36-22-11-9-20-34(36)42(35-21-10-12-23-37(35)43)33-19-8-7-18-32(33)30-16-5-2-6-17-30/h1-28H/i2D,5D,6D,13D,16D,17D,24D,25D,26D,27D,28D. The third-order valence-corrected chi connectivity index (χ3v) is 8.28. The maximum Gasteiger partial charge on any atom is 0.136 e.